The molecule has 0 spiro atoms. The largest absolute Gasteiger partial charge is 0.392 e. The molecule has 5 atom stereocenters. The Bertz CT molecular complexity index is 414. The summed E-state index contributed by atoms with van der Waals surface area (Å²) in [5.74, 6) is 0.871. The van der Waals surface area contributed by atoms with Gasteiger partial charge in [-0.3, -0.25) is 0 Å². The molecule has 0 aliphatic heterocycles. The van der Waals surface area contributed by atoms with Gasteiger partial charge in [-0.25, -0.2) is 0 Å². The number of hydrogen-bond acceptors (Lipinski definition) is 3. The topological polar surface area (TPSA) is 60.7 Å². The van der Waals surface area contributed by atoms with Crippen LogP contribution >= 0.6 is 0 Å². The van der Waals surface area contributed by atoms with Crippen LogP contribution in [0.5, 0.6) is 0 Å². The minimum absolute atomic E-state index is 0.146. The lowest BCUT2D eigenvalue weighted by Gasteiger charge is -2.64. The summed E-state index contributed by atoms with van der Waals surface area (Å²) in [6.07, 6.45) is 4.19. The molecular weight excluding hydrogens is 228 g/mol. The van der Waals surface area contributed by atoms with E-state index in [1.807, 2.05) is 6.08 Å². The second-order valence-electron chi connectivity index (χ2n) is 7.60. The van der Waals surface area contributed by atoms with Crippen molar-refractivity contribution in [3.05, 3.63) is 11.6 Å². The standard InChI is InChI=1S/C15H24O3/c1-13(2)5-9-4-10(8-16)15(18)12(17)7-14(15,3)11(9)6-13/h4,9,11-12,16-18H,5-8H2,1-3H3/t9-,11+,12-,14-,15+/m1/s1. The molecule has 3 N–H and O–H groups in total. The summed E-state index contributed by atoms with van der Waals surface area (Å²) in [5, 5.41) is 30.4. The lowest BCUT2D eigenvalue weighted by molar-refractivity contribution is -0.250. The Kier molecular flexibility index (Phi) is 2.38. The average molecular weight is 252 g/mol. The van der Waals surface area contributed by atoms with Crippen molar-refractivity contribution in [3.63, 3.8) is 0 Å². The highest BCUT2D eigenvalue weighted by molar-refractivity contribution is 5.37. The Morgan fingerprint density at radius 3 is 2.44 bits per heavy atom. The third-order valence-electron chi connectivity index (χ3n) is 5.94. The fraction of sp³-hybridized carbons (Fsp3) is 0.867. The minimum atomic E-state index is -1.19. The zero-order valence-corrected chi connectivity index (χ0v) is 11.5. The fourth-order valence-corrected chi connectivity index (χ4v) is 5.01. The maximum absolute atomic E-state index is 10.9. The Morgan fingerprint density at radius 1 is 1.22 bits per heavy atom. The highest BCUT2D eigenvalue weighted by atomic mass is 16.4. The van der Waals surface area contributed by atoms with Crippen molar-refractivity contribution in [2.45, 2.75) is 51.7 Å². The van der Waals surface area contributed by atoms with Crippen LogP contribution in [-0.2, 0) is 0 Å². The fourth-order valence-electron chi connectivity index (χ4n) is 5.01. The van der Waals surface area contributed by atoms with E-state index in [-0.39, 0.29) is 12.0 Å². The molecule has 2 fully saturated rings. The number of allylic oxidation sites excluding steroid dienone is 1. The summed E-state index contributed by atoms with van der Waals surface area (Å²) in [5.41, 5.74) is -0.523. The second-order valence-corrected chi connectivity index (χ2v) is 7.60. The van der Waals surface area contributed by atoms with Crippen LogP contribution in [0.15, 0.2) is 11.6 Å². The number of aliphatic hydroxyl groups is 3. The van der Waals surface area contributed by atoms with Crippen LogP contribution in [0.1, 0.15) is 40.0 Å². The summed E-state index contributed by atoms with van der Waals surface area (Å²) in [7, 11) is 0. The number of aliphatic hydroxyl groups excluding tert-OH is 2. The van der Waals surface area contributed by atoms with Crippen LogP contribution < -0.4 is 0 Å². The van der Waals surface area contributed by atoms with Gasteiger partial charge in [-0.2, -0.15) is 0 Å². The van der Waals surface area contributed by atoms with Gasteiger partial charge in [0.25, 0.3) is 0 Å². The molecule has 0 bridgehead atoms. The zero-order valence-electron chi connectivity index (χ0n) is 11.5. The van der Waals surface area contributed by atoms with Crippen molar-refractivity contribution >= 4 is 0 Å². The van der Waals surface area contributed by atoms with Crippen LogP contribution in [0.25, 0.3) is 0 Å². The second kappa shape index (κ2) is 3.38. The summed E-state index contributed by atoms with van der Waals surface area (Å²) in [4.78, 5) is 0. The van der Waals surface area contributed by atoms with E-state index in [0.29, 0.717) is 29.2 Å². The molecule has 3 nitrogen and oxygen atoms in total. The van der Waals surface area contributed by atoms with E-state index in [4.69, 9.17) is 0 Å². The first-order valence-electron chi connectivity index (χ1n) is 6.97. The van der Waals surface area contributed by atoms with Crippen molar-refractivity contribution in [3.8, 4) is 0 Å². The van der Waals surface area contributed by atoms with Gasteiger partial charge in [0, 0.05) is 5.41 Å². The lowest BCUT2D eigenvalue weighted by Crippen LogP contribution is -2.72. The highest BCUT2D eigenvalue weighted by Gasteiger charge is 2.70. The molecule has 0 radical (unpaired) electrons. The quantitative estimate of drug-likeness (QED) is 0.619. The molecule has 2 saturated carbocycles. The van der Waals surface area contributed by atoms with Gasteiger partial charge in [-0.1, -0.05) is 26.8 Å². The molecule has 0 aromatic carbocycles. The first kappa shape index (κ1) is 12.6. The third-order valence-corrected chi connectivity index (χ3v) is 5.94. The molecule has 0 saturated heterocycles. The summed E-state index contributed by atoms with van der Waals surface area (Å²) < 4.78 is 0. The maximum atomic E-state index is 10.9. The molecule has 0 unspecified atom stereocenters. The van der Waals surface area contributed by atoms with Crippen molar-refractivity contribution in [1.29, 1.82) is 0 Å². The number of rotatable bonds is 1. The van der Waals surface area contributed by atoms with Gasteiger partial charge in [0.1, 0.15) is 5.60 Å². The van der Waals surface area contributed by atoms with Crippen LogP contribution in [0.3, 0.4) is 0 Å². The molecular formula is C15H24O3. The Labute approximate surface area is 109 Å². The molecule has 3 heteroatoms. The smallest absolute Gasteiger partial charge is 0.119 e. The Hall–Kier alpha value is -0.380. The zero-order chi connectivity index (χ0) is 13.3. The van der Waals surface area contributed by atoms with E-state index in [0.717, 1.165) is 12.8 Å². The number of hydrogen-bond donors (Lipinski definition) is 3. The van der Waals surface area contributed by atoms with Gasteiger partial charge < -0.3 is 15.3 Å². The van der Waals surface area contributed by atoms with E-state index in [9.17, 15) is 15.3 Å². The minimum Gasteiger partial charge on any atom is -0.392 e. The summed E-state index contributed by atoms with van der Waals surface area (Å²) in [6.45, 7) is 6.48. The molecule has 3 aliphatic rings. The molecule has 0 aromatic heterocycles. The Morgan fingerprint density at radius 2 is 1.89 bits per heavy atom. The summed E-state index contributed by atoms with van der Waals surface area (Å²) >= 11 is 0. The van der Waals surface area contributed by atoms with Crippen molar-refractivity contribution in [2.24, 2.45) is 22.7 Å². The van der Waals surface area contributed by atoms with Gasteiger partial charge in [0.05, 0.1) is 12.7 Å². The highest BCUT2D eigenvalue weighted by Crippen LogP contribution is 2.67. The molecule has 0 amide bonds. The van der Waals surface area contributed by atoms with Crippen LogP contribution in [0.4, 0.5) is 0 Å². The monoisotopic (exact) mass is 252 g/mol. The van der Waals surface area contributed by atoms with Crippen LogP contribution in [-0.4, -0.2) is 33.6 Å². The molecule has 0 heterocycles. The lowest BCUT2D eigenvalue weighted by atomic mass is 9.44. The average Bonchev–Trinajstić information content (AvgIpc) is 2.59. The van der Waals surface area contributed by atoms with Crippen LogP contribution in [0.2, 0.25) is 0 Å². The summed E-state index contributed by atoms with van der Waals surface area (Å²) in [6, 6.07) is 0. The first-order chi connectivity index (χ1) is 8.24. The molecule has 3 aliphatic carbocycles. The van der Waals surface area contributed by atoms with Crippen molar-refractivity contribution in [2.75, 3.05) is 6.61 Å². The van der Waals surface area contributed by atoms with Gasteiger partial charge in [0.2, 0.25) is 0 Å². The van der Waals surface area contributed by atoms with Gasteiger partial charge >= 0.3 is 0 Å². The predicted octanol–water partition coefficient (Wildman–Crippen LogP) is 1.47. The predicted molar refractivity (Wildman–Crippen MR) is 68.8 cm³/mol. The number of fused-ring (bicyclic) bond motifs is 3. The van der Waals surface area contributed by atoms with E-state index in [2.05, 4.69) is 20.8 Å². The van der Waals surface area contributed by atoms with E-state index >= 15 is 0 Å². The Balaban J connectivity index is 2.06. The van der Waals surface area contributed by atoms with E-state index in [1.165, 1.54) is 0 Å². The van der Waals surface area contributed by atoms with Crippen LogP contribution in [0, 0.1) is 22.7 Å². The molecule has 3 rings (SSSR count). The van der Waals surface area contributed by atoms with E-state index < -0.39 is 11.7 Å². The molecule has 102 valence electrons. The normalized spacial score (nSPS) is 53.2. The maximum Gasteiger partial charge on any atom is 0.119 e. The van der Waals surface area contributed by atoms with Gasteiger partial charge in [0.15, 0.2) is 0 Å². The SMILES string of the molecule is CC1(C)C[C@H]2C=C(CO)[C@]3(O)[C@H](O)C[C@]3(C)[C@H]2C1. The van der Waals surface area contributed by atoms with Gasteiger partial charge in [-0.15, -0.1) is 0 Å². The third kappa shape index (κ3) is 1.25. The first-order valence-corrected chi connectivity index (χ1v) is 6.97. The molecule has 0 aromatic rings. The molecule has 18 heavy (non-hydrogen) atoms. The van der Waals surface area contributed by atoms with Crippen molar-refractivity contribution < 1.29 is 15.3 Å². The van der Waals surface area contributed by atoms with Gasteiger partial charge in [-0.05, 0) is 42.1 Å². The van der Waals surface area contributed by atoms with Crippen molar-refractivity contribution in [1.82, 2.24) is 0 Å². The van der Waals surface area contributed by atoms with E-state index in [1.54, 1.807) is 0 Å².